The van der Waals surface area contributed by atoms with E-state index in [1.165, 1.54) is 12.1 Å². The van der Waals surface area contributed by atoms with E-state index in [1.807, 2.05) is 14.1 Å². The number of likely N-dealkylation sites (tertiary alicyclic amines) is 1. The quantitative estimate of drug-likeness (QED) is 0.858. The third-order valence-electron chi connectivity index (χ3n) is 4.28. The van der Waals surface area contributed by atoms with Gasteiger partial charge in [0, 0.05) is 19.1 Å². The molecule has 1 aliphatic heterocycles. The summed E-state index contributed by atoms with van der Waals surface area (Å²) in [6, 6.07) is 5.19. The first-order valence-electron chi connectivity index (χ1n) is 8.12. The number of hydrogen-bond acceptors (Lipinski definition) is 4. The summed E-state index contributed by atoms with van der Waals surface area (Å²) in [6.45, 7) is 2.24. The summed E-state index contributed by atoms with van der Waals surface area (Å²) in [5.74, 6) is 0.119. The number of β-amino-alcohol motifs (C(OH)–C–C–N with tert-alkyl or cyclic N) is 1. The van der Waals surface area contributed by atoms with Crippen molar-refractivity contribution in [2.24, 2.45) is 0 Å². The molecule has 2 rings (SSSR count). The van der Waals surface area contributed by atoms with Crippen LogP contribution in [0.5, 0.6) is 5.75 Å². The van der Waals surface area contributed by atoms with Crippen LogP contribution in [0.2, 0.25) is 0 Å². The summed E-state index contributed by atoms with van der Waals surface area (Å²) in [5.41, 5.74) is -0.751. The van der Waals surface area contributed by atoms with Crippen LogP contribution in [0.1, 0.15) is 18.4 Å². The normalized spacial score (nSPS) is 21.0. The molecule has 0 saturated carbocycles. The van der Waals surface area contributed by atoms with Crippen molar-refractivity contribution in [1.29, 1.82) is 0 Å². The molecule has 1 N–H and O–H groups in total. The molecule has 2 unspecified atom stereocenters. The van der Waals surface area contributed by atoms with E-state index < -0.39 is 17.8 Å². The molecule has 1 heterocycles. The second-order valence-electron chi connectivity index (χ2n) is 6.51. The van der Waals surface area contributed by atoms with Crippen LogP contribution in [0.3, 0.4) is 0 Å². The fourth-order valence-electron chi connectivity index (χ4n) is 2.92. The largest absolute Gasteiger partial charge is 0.491 e. The van der Waals surface area contributed by atoms with Crippen molar-refractivity contribution in [3.8, 4) is 5.75 Å². The summed E-state index contributed by atoms with van der Waals surface area (Å²) < 4.78 is 43.3. The van der Waals surface area contributed by atoms with E-state index in [-0.39, 0.29) is 12.4 Å². The zero-order chi connectivity index (χ0) is 17.7. The zero-order valence-electron chi connectivity index (χ0n) is 14.1. The molecule has 0 bridgehead atoms. The lowest BCUT2D eigenvalue weighted by molar-refractivity contribution is -0.137. The molecular weight excluding hydrogens is 321 g/mol. The molecule has 136 valence electrons. The Morgan fingerprint density at radius 3 is 2.79 bits per heavy atom. The molecule has 0 amide bonds. The van der Waals surface area contributed by atoms with Crippen LogP contribution in [-0.2, 0) is 6.18 Å². The van der Waals surface area contributed by atoms with Crippen LogP contribution < -0.4 is 4.74 Å². The number of ether oxygens (including phenoxy) is 1. The minimum Gasteiger partial charge on any atom is -0.491 e. The number of hydrogen-bond donors (Lipinski definition) is 1. The average Bonchev–Trinajstić information content (AvgIpc) is 2.52. The number of rotatable bonds is 6. The molecule has 7 heteroatoms. The monoisotopic (exact) mass is 346 g/mol. The van der Waals surface area contributed by atoms with Gasteiger partial charge in [0.1, 0.15) is 18.5 Å². The van der Waals surface area contributed by atoms with Crippen LogP contribution in [0.15, 0.2) is 24.3 Å². The van der Waals surface area contributed by atoms with Gasteiger partial charge in [-0.3, -0.25) is 4.90 Å². The number of aliphatic hydroxyl groups is 1. The smallest absolute Gasteiger partial charge is 0.416 e. The van der Waals surface area contributed by atoms with Gasteiger partial charge in [-0.05, 0) is 51.7 Å². The van der Waals surface area contributed by atoms with Crippen LogP contribution in [0.4, 0.5) is 13.2 Å². The molecule has 0 spiro atoms. The maximum absolute atomic E-state index is 12.7. The summed E-state index contributed by atoms with van der Waals surface area (Å²) in [6.07, 6.45) is -2.92. The second-order valence-corrected chi connectivity index (χ2v) is 6.51. The number of halogens is 3. The summed E-state index contributed by atoms with van der Waals surface area (Å²) >= 11 is 0. The number of aliphatic hydroxyl groups excluding tert-OH is 1. The average molecular weight is 346 g/mol. The lowest BCUT2D eigenvalue weighted by atomic mass is 10.0. The first-order valence-corrected chi connectivity index (χ1v) is 8.12. The fourth-order valence-corrected chi connectivity index (χ4v) is 2.92. The Morgan fingerprint density at radius 2 is 2.12 bits per heavy atom. The van der Waals surface area contributed by atoms with Gasteiger partial charge in [-0.2, -0.15) is 13.2 Å². The van der Waals surface area contributed by atoms with Gasteiger partial charge >= 0.3 is 6.18 Å². The molecule has 0 aromatic heterocycles. The van der Waals surface area contributed by atoms with Crippen molar-refractivity contribution >= 4 is 0 Å². The summed E-state index contributed by atoms with van der Waals surface area (Å²) in [7, 11) is 4.09. The highest BCUT2D eigenvalue weighted by atomic mass is 19.4. The van der Waals surface area contributed by atoms with Gasteiger partial charge in [-0.1, -0.05) is 6.07 Å². The minimum atomic E-state index is -4.40. The molecule has 2 atom stereocenters. The van der Waals surface area contributed by atoms with E-state index >= 15 is 0 Å². The second kappa shape index (κ2) is 8.18. The Kier molecular flexibility index (Phi) is 6.48. The molecule has 1 saturated heterocycles. The van der Waals surface area contributed by atoms with Crippen molar-refractivity contribution in [2.75, 3.05) is 40.3 Å². The van der Waals surface area contributed by atoms with E-state index in [2.05, 4.69) is 9.80 Å². The summed E-state index contributed by atoms with van der Waals surface area (Å²) in [5, 5.41) is 10.1. The highest BCUT2D eigenvalue weighted by molar-refractivity contribution is 5.30. The van der Waals surface area contributed by atoms with E-state index in [1.54, 1.807) is 0 Å². The maximum atomic E-state index is 12.7. The Balaban J connectivity index is 1.82. The predicted octanol–water partition coefficient (Wildman–Crippen LogP) is 2.47. The summed E-state index contributed by atoms with van der Waals surface area (Å²) in [4.78, 5) is 4.35. The van der Waals surface area contributed by atoms with Gasteiger partial charge in [0.15, 0.2) is 0 Å². The predicted molar refractivity (Wildman–Crippen MR) is 86.1 cm³/mol. The van der Waals surface area contributed by atoms with Crippen molar-refractivity contribution < 1.29 is 23.0 Å². The molecule has 1 aromatic rings. The molecule has 1 aromatic carbocycles. The molecule has 1 aliphatic rings. The molecule has 4 nitrogen and oxygen atoms in total. The van der Waals surface area contributed by atoms with Crippen molar-refractivity contribution in [3.63, 3.8) is 0 Å². The maximum Gasteiger partial charge on any atom is 0.416 e. The van der Waals surface area contributed by atoms with Crippen LogP contribution in [0.25, 0.3) is 0 Å². The molecule has 0 aliphatic carbocycles. The van der Waals surface area contributed by atoms with Crippen LogP contribution in [0, 0.1) is 0 Å². The van der Waals surface area contributed by atoms with Gasteiger partial charge < -0.3 is 14.7 Å². The third-order valence-corrected chi connectivity index (χ3v) is 4.28. The molecule has 0 radical (unpaired) electrons. The van der Waals surface area contributed by atoms with Crippen molar-refractivity contribution in [1.82, 2.24) is 9.80 Å². The van der Waals surface area contributed by atoms with E-state index in [0.717, 1.165) is 38.1 Å². The lowest BCUT2D eigenvalue weighted by Crippen LogP contribution is -2.48. The number of benzene rings is 1. The van der Waals surface area contributed by atoms with E-state index in [0.29, 0.717) is 12.6 Å². The molecule has 1 fully saturated rings. The molecule has 24 heavy (non-hydrogen) atoms. The highest BCUT2D eigenvalue weighted by Gasteiger charge is 2.30. The standard InChI is InChI=1S/C17H25F3N2O2/c1-21(2)14-6-4-8-22(10-14)11-15(23)12-24-16-7-3-5-13(9-16)17(18,19)20/h3,5,7,9,14-15,23H,4,6,8,10-12H2,1-2H3. The number of piperidine rings is 1. The van der Waals surface area contributed by atoms with Crippen LogP contribution in [-0.4, -0.2) is 67.4 Å². The zero-order valence-corrected chi connectivity index (χ0v) is 14.1. The Hall–Kier alpha value is -1.31. The Morgan fingerprint density at radius 1 is 1.38 bits per heavy atom. The topological polar surface area (TPSA) is 35.9 Å². The van der Waals surface area contributed by atoms with Crippen molar-refractivity contribution in [3.05, 3.63) is 29.8 Å². The number of likely N-dealkylation sites (N-methyl/N-ethyl adjacent to an activating group) is 1. The van der Waals surface area contributed by atoms with Crippen LogP contribution >= 0.6 is 0 Å². The van der Waals surface area contributed by atoms with Gasteiger partial charge in [0.05, 0.1) is 5.56 Å². The Labute approximate surface area is 140 Å². The van der Waals surface area contributed by atoms with Gasteiger partial charge in [-0.15, -0.1) is 0 Å². The molecular formula is C17H25F3N2O2. The van der Waals surface area contributed by atoms with Gasteiger partial charge in [0.25, 0.3) is 0 Å². The lowest BCUT2D eigenvalue weighted by Gasteiger charge is -2.36. The SMILES string of the molecule is CN(C)C1CCCN(CC(O)COc2cccc(C(F)(F)F)c2)C1. The first kappa shape index (κ1) is 19.0. The van der Waals surface area contributed by atoms with Crippen molar-refractivity contribution in [2.45, 2.75) is 31.2 Å². The van der Waals surface area contributed by atoms with Gasteiger partial charge in [-0.25, -0.2) is 0 Å². The van der Waals surface area contributed by atoms with E-state index in [9.17, 15) is 18.3 Å². The highest BCUT2D eigenvalue weighted by Crippen LogP contribution is 2.31. The Bertz CT molecular complexity index is 523. The fraction of sp³-hybridized carbons (Fsp3) is 0.647. The number of nitrogens with zero attached hydrogens (tertiary/aromatic N) is 2. The minimum absolute atomic E-state index is 0.0234. The third kappa shape index (κ3) is 5.65. The van der Waals surface area contributed by atoms with Gasteiger partial charge in [0.2, 0.25) is 0 Å². The van der Waals surface area contributed by atoms with E-state index in [4.69, 9.17) is 4.74 Å². The number of alkyl halides is 3. The first-order chi connectivity index (χ1) is 11.3.